The lowest BCUT2D eigenvalue weighted by Crippen LogP contribution is -2.37. The van der Waals surface area contributed by atoms with Gasteiger partial charge in [-0.25, -0.2) is 23.0 Å². The summed E-state index contributed by atoms with van der Waals surface area (Å²) >= 11 is 0. The van der Waals surface area contributed by atoms with Crippen molar-refractivity contribution in [2.75, 3.05) is 23.4 Å². The maximum Gasteiger partial charge on any atom is 0.261 e. The largest absolute Gasteiger partial charge is 0.495 e. The number of aromatic nitrogens is 1. The Kier molecular flexibility index (Phi) is 6.34. The summed E-state index contributed by atoms with van der Waals surface area (Å²) in [5.74, 6) is 3.86. The molecule has 1 aliphatic rings. The van der Waals surface area contributed by atoms with Gasteiger partial charge in [-0.3, -0.25) is 14.7 Å². The van der Waals surface area contributed by atoms with Crippen LogP contribution < -0.4 is 20.3 Å². The molecule has 0 radical (unpaired) electrons. The fourth-order valence-electron chi connectivity index (χ4n) is 2.82. The van der Waals surface area contributed by atoms with E-state index in [1.165, 1.54) is 37.7 Å². The van der Waals surface area contributed by atoms with Gasteiger partial charge in [0.1, 0.15) is 17.5 Å². The van der Waals surface area contributed by atoms with Crippen LogP contribution in [0, 0.1) is 17.0 Å². The van der Waals surface area contributed by atoms with Crippen molar-refractivity contribution >= 4 is 27.1 Å². The van der Waals surface area contributed by atoms with Gasteiger partial charge in [-0.05, 0) is 24.3 Å². The Morgan fingerprint density at radius 1 is 1.39 bits per heavy atom. The highest BCUT2D eigenvalue weighted by molar-refractivity contribution is 7.96. The summed E-state index contributed by atoms with van der Waals surface area (Å²) in [6.07, 6.45) is 5.16. The highest BCUT2D eigenvalue weighted by Crippen LogP contribution is 2.30. The Morgan fingerprint density at radius 3 is 2.77 bits per heavy atom. The van der Waals surface area contributed by atoms with Crippen LogP contribution in [0.15, 0.2) is 53.7 Å². The SMILES string of the molecule is COc1cncc(C(=N)CN(N)c2c(F)ccc(NS(=O)(=O)C3=CC=CC3O)c2F)c1. The molecule has 12 heteroatoms. The van der Waals surface area contributed by atoms with Crippen LogP contribution in [-0.2, 0) is 10.0 Å². The predicted octanol–water partition coefficient (Wildman–Crippen LogP) is 1.67. The zero-order chi connectivity index (χ0) is 22.8. The highest BCUT2D eigenvalue weighted by Gasteiger charge is 2.28. The Labute approximate surface area is 177 Å². The number of hydrogen-bond acceptors (Lipinski definition) is 8. The van der Waals surface area contributed by atoms with Crippen LogP contribution in [0.2, 0.25) is 0 Å². The average molecular weight is 451 g/mol. The Bertz CT molecular complexity index is 1180. The van der Waals surface area contributed by atoms with Gasteiger partial charge in [0.05, 0.1) is 36.2 Å². The minimum absolute atomic E-state index is 0.107. The van der Waals surface area contributed by atoms with Gasteiger partial charge in [-0.2, -0.15) is 0 Å². The molecule has 0 aliphatic heterocycles. The number of pyridine rings is 1. The van der Waals surface area contributed by atoms with Crippen LogP contribution in [0.4, 0.5) is 20.2 Å². The molecule has 31 heavy (non-hydrogen) atoms. The van der Waals surface area contributed by atoms with E-state index in [1.54, 1.807) is 0 Å². The molecular weight excluding hydrogens is 432 g/mol. The van der Waals surface area contributed by atoms with Crippen molar-refractivity contribution in [2.45, 2.75) is 6.10 Å². The van der Waals surface area contributed by atoms with E-state index in [0.717, 1.165) is 18.2 Å². The molecule has 0 saturated heterocycles. The number of benzene rings is 1. The molecule has 0 spiro atoms. The normalized spacial score (nSPS) is 15.5. The molecule has 1 atom stereocenters. The van der Waals surface area contributed by atoms with Gasteiger partial charge >= 0.3 is 0 Å². The van der Waals surface area contributed by atoms with Crippen molar-refractivity contribution in [2.24, 2.45) is 5.84 Å². The van der Waals surface area contributed by atoms with E-state index in [1.807, 2.05) is 4.72 Å². The van der Waals surface area contributed by atoms with E-state index in [0.29, 0.717) is 16.3 Å². The molecule has 1 aliphatic carbocycles. The third-order valence-corrected chi connectivity index (χ3v) is 5.87. The third-order valence-electron chi connectivity index (χ3n) is 4.38. The van der Waals surface area contributed by atoms with Crippen LogP contribution >= 0.6 is 0 Å². The molecule has 1 aromatic carbocycles. The second kappa shape index (κ2) is 8.79. The number of aliphatic hydroxyl groups excluding tert-OH is 1. The number of methoxy groups -OCH3 is 1. The van der Waals surface area contributed by atoms with E-state index in [9.17, 15) is 22.3 Å². The van der Waals surface area contributed by atoms with Gasteiger partial charge in [0.2, 0.25) is 0 Å². The Balaban J connectivity index is 1.85. The van der Waals surface area contributed by atoms with Crippen molar-refractivity contribution in [3.05, 3.63) is 70.9 Å². The lowest BCUT2D eigenvalue weighted by atomic mass is 10.1. The summed E-state index contributed by atoms with van der Waals surface area (Å²) in [5.41, 5.74) is -1.09. The van der Waals surface area contributed by atoms with E-state index >= 15 is 0 Å². The van der Waals surface area contributed by atoms with E-state index in [-0.39, 0.29) is 10.6 Å². The lowest BCUT2D eigenvalue weighted by molar-refractivity contribution is 0.269. The first-order chi connectivity index (χ1) is 14.6. The quantitative estimate of drug-likeness (QED) is 0.272. The van der Waals surface area contributed by atoms with E-state index < -0.39 is 45.7 Å². The van der Waals surface area contributed by atoms with Crippen molar-refractivity contribution in [1.29, 1.82) is 5.41 Å². The number of sulfonamides is 1. The number of halogens is 2. The number of allylic oxidation sites excluding steroid dienone is 2. The molecule has 9 nitrogen and oxygen atoms in total. The van der Waals surface area contributed by atoms with Crippen LogP contribution in [0.1, 0.15) is 5.56 Å². The molecule has 5 N–H and O–H groups in total. The smallest absolute Gasteiger partial charge is 0.261 e. The third kappa shape index (κ3) is 4.71. The zero-order valence-electron chi connectivity index (χ0n) is 16.2. The lowest BCUT2D eigenvalue weighted by Gasteiger charge is -2.22. The molecule has 1 unspecified atom stereocenters. The van der Waals surface area contributed by atoms with Gasteiger partial charge in [-0.1, -0.05) is 12.2 Å². The summed E-state index contributed by atoms with van der Waals surface area (Å²) in [6, 6.07) is 3.24. The molecule has 0 saturated carbocycles. The molecule has 1 heterocycles. The molecule has 1 aromatic heterocycles. The second-order valence-corrected chi connectivity index (χ2v) is 8.16. The Hall–Kier alpha value is -3.35. The fourth-order valence-corrected chi connectivity index (χ4v) is 4.04. The van der Waals surface area contributed by atoms with E-state index in [4.69, 9.17) is 16.0 Å². The average Bonchev–Trinajstić information content (AvgIpc) is 3.17. The molecule has 0 bridgehead atoms. The van der Waals surface area contributed by atoms with E-state index in [2.05, 4.69) is 4.98 Å². The summed E-state index contributed by atoms with van der Waals surface area (Å²) in [6.45, 7) is -0.410. The number of hydrazine groups is 1. The minimum Gasteiger partial charge on any atom is -0.495 e. The van der Waals surface area contributed by atoms with Gasteiger partial charge in [0.15, 0.2) is 11.6 Å². The van der Waals surface area contributed by atoms with Crippen molar-refractivity contribution in [3.8, 4) is 5.75 Å². The van der Waals surface area contributed by atoms with Gasteiger partial charge in [0.25, 0.3) is 10.0 Å². The summed E-state index contributed by atoms with van der Waals surface area (Å²) < 4.78 is 61.2. The first-order valence-electron chi connectivity index (χ1n) is 8.80. The molecular formula is C19H19F2N5O4S. The number of rotatable bonds is 8. The number of nitrogens with two attached hydrogens (primary N) is 1. The Morgan fingerprint density at radius 2 is 2.13 bits per heavy atom. The van der Waals surface area contributed by atoms with Crippen molar-refractivity contribution < 1.29 is 27.0 Å². The van der Waals surface area contributed by atoms with Gasteiger partial charge in [0, 0.05) is 11.8 Å². The number of nitrogens with zero attached hydrogens (tertiary/aromatic N) is 2. The highest BCUT2D eigenvalue weighted by atomic mass is 32.2. The zero-order valence-corrected chi connectivity index (χ0v) is 17.0. The summed E-state index contributed by atoms with van der Waals surface area (Å²) in [4.78, 5) is 3.53. The van der Waals surface area contributed by atoms with Crippen LogP contribution in [-0.4, -0.2) is 44.0 Å². The molecule has 0 fully saturated rings. The topological polar surface area (TPSA) is 142 Å². The van der Waals surface area contributed by atoms with Crippen LogP contribution in [0.25, 0.3) is 0 Å². The molecule has 3 rings (SSSR count). The monoisotopic (exact) mass is 451 g/mol. The summed E-state index contributed by atoms with van der Waals surface area (Å²) in [7, 11) is -2.88. The van der Waals surface area contributed by atoms with Crippen molar-refractivity contribution in [3.63, 3.8) is 0 Å². The predicted molar refractivity (Wildman–Crippen MR) is 111 cm³/mol. The molecule has 2 aromatic rings. The number of nitrogens with one attached hydrogen (secondary N) is 2. The van der Waals surface area contributed by atoms with Crippen LogP contribution in [0.5, 0.6) is 5.75 Å². The number of anilines is 2. The summed E-state index contributed by atoms with van der Waals surface area (Å²) in [5, 5.41) is 18.5. The van der Waals surface area contributed by atoms with Gasteiger partial charge in [-0.15, -0.1) is 0 Å². The number of hydrogen-bond donors (Lipinski definition) is 4. The first-order valence-corrected chi connectivity index (χ1v) is 10.3. The standard InChI is InChI=1S/C19H19F2N5O4S/c1-30-12-7-11(8-24-9-12)14(22)10-26(23)19-13(20)5-6-15(18(19)21)25-31(28,29)17-4-2-3-16(17)27/h2-9,16,22,25,27H,10,23H2,1H3. The van der Waals surface area contributed by atoms with Gasteiger partial charge < -0.3 is 15.3 Å². The minimum atomic E-state index is -4.30. The molecule has 0 amide bonds. The maximum absolute atomic E-state index is 15.0. The van der Waals surface area contributed by atoms with Crippen LogP contribution in [0.3, 0.4) is 0 Å². The second-order valence-electron chi connectivity index (χ2n) is 6.48. The first kappa shape index (κ1) is 22.3. The van der Waals surface area contributed by atoms with Crippen molar-refractivity contribution in [1.82, 2.24) is 4.98 Å². The number of ether oxygens (including phenoxy) is 1. The number of aliphatic hydroxyl groups is 1. The fraction of sp³-hybridized carbons (Fsp3) is 0.158. The maximum atomic E-state index is 15.0. The molecule has 164 valence electrons.